The molecule has 164 valence electrons. The number of carbonyl (C=O) groups excluding carboxylic acids is 1. The lowest BCUT2D eigenvalue weighted by atomic mass is 10.1. The predicted molar refractivity (Wildman–Crippen MR) is 114 cm³/mol. The third-order valence-corrected chi connectivity index (χ3v) is 5.52. The van der Waals surface area contributed by atoms with Crippen LogP contribution in [0.4, 0.5) is 14.6 Å². The summed E-state index contributed by atoms with van der Waals surface area (Å²) in [4.78, 5) is 20.3. The zero-order chi connectivity index (χ0) is 22.6. The van der Waals surface area contributed by atoms with E-state index in [0.29, 0.717) is 11.2 Å². The molecule has 5 heterocycles. The average molecular weight is 446 g/mol. The Bertz CT molecular complexity index is 1510. The Hall–Kier alpha value is -4.28. The summed E-state index contributed by atoms with van der Waals surface area (Å²) < 4.78 is 33.6. The van der Waals surface area contributed by atoms with Crippen molar-refractivity contribution in [2.24, 2.45) is 5.92 Å². The molecule has 0 unspecified atom stereocenters. The zero-order valence-electron chi connectivity index (χ0n) is 17.1. The first-order valence-electron chi connectivity index (χ1n) is 10.3. The van der Waals surface area contributed by atoms with Gasteiger partial charge in [0.2, 0.25) is 11.7 Å². The van der Waals surface area contributed by atoms with Crippen molar-refractivity contribution >= 4 is 23.0 Å². The maximum Gasteiger partial charge on any atom is 0.350 e. The van der Waals surface area contributed by atoms with Gasteiger partial charge in [-0.2, -0.15) is 13.9 Å². The largest absolute Gasteiger partial charge is 0.350 e. The molecule has 1 aliphatic rings. The fourth-order valence-corrected chi connectivity index (χ4v) is 3.61. The van der Waals surface area contributed by atoms with Crippen LogP contribution in [0.1, 0.15) is 24.4 Å². The van der Waals surface area contributed by atoms with Gasteiger partial charge in [-0.15, -0.1) is 10.2 Å². The number of hydrogen-bond donors (Lipinski definition) is 1. The quantitative estimate of drug-likeness (QED) is 0.444. The number of halogens is 2. The van der Waals surface area contributed by atoms with Crippen molar-refractivity contribution in [2.45, 2.75) is 18.8 Å². The van der Waals surface area contributed by atoms with E-state index in [1.807, 2.05) is 6.07 Å². The number of nitrogens with zero attached hydrogens (tertiary/aromatic N) is 7. The van der Waals surface area contributed by atoms with Gasteiger partial charge in [0.1, 0.15) is 5.69 Å². The summed E-state index contributed by atoms with van der Waals surface area (Å²) in [6.07, 6.45) is 7.96. The lowest BCUT2D eigenvalue weighted by Gasteiger charge is -2.14. The summed E-state index contributed by atoms with van der Waals surface area (Å²) in [5, 5.41) is 14.4. The summed E-state index contributed by atoms with van der Waals surface area (Å²) >= 11 is 0. The van der Waals surface area contributed by atoms with Gasteiger partial charge in [-0.05, 0) is 43.2 Å². The first kappa shape index (κ1) is 19.4. The van der Waals surface area contributed by atoms with Crippen molar-refractivity contribution in [1.82, 2.24) is 34.2 Å². The maximum absolute atomic E-state index is 15.5. The second kappa shape index (κ2) is 7.12. The van der Waals surface area contributed by atoms with Gasteiger partial charge in [0.25, 0.3) is 0 Å². The number of imidazole rings is 1. The molecule has 11 heteroatoms. The van der Waals surface area contributed by atoms with Gasteiger partial charge in [0, 0.05) is 35.6 Å². The van der Waals surface area contributed by atoms with Crippen molar-refractivity contribution in [3.63, 3.8) is 0 Å². The van der Waals surface area contributed by atoms with Crippen LogP contribution in [0.25, 0.3) is 22.4 Å². The molecule has 0 spiro atoms. The Morgan fingerprint density at radius 1 is 1.03 bits per heavy atom. The molecule has 6 rings (SSSR count). The average Bonchev–Trinajstić information content (AvgIpc) is 3.47. The van der Waals surface area contributed by atoms with Crippen LogP contribution in [-0.4, -0.2) is 40.1 Å². The summed E-state index contributed by atoms with van der Waals surface area (Å²) in [7, 11) is 0. The second-order valence-electron chi connectivity index (χ2n) is 7.90. The number of fused-ring (bicyclic) bond motifs is 2. The highest BCUT2D eigenvalue weighted by molar-refractivity contribution is 5.93. The highest BCUT2D eigenvalue weighted by Crippen LogP contribution is 2.34. The standard InChI is InChI=1S/C22H16F2N8O/c23-22(24,16-6-8-18-26-17(12-32(18)30-16)27-20(33)13-3-4-13)21-29-28-19-7-5-15(11-31(19)21)14-2-1-9-25-10-14/h1-2,5-13H,3-4H2,(H,27,33). The van der Waals surface area contributed by atoms with Gasteiger partial charge in [-0.1, -0.05) is 6.07 Å². The molecule has 0 saturated heterocycles. The number of aromatic nitrogens is 7. The Kier molecular flexibility index (Phi) is 4.19. The van der Waals surface area contributed by atoms with Gasteiger partial charge in [-0.25, -0.2) is 9.50 Å². The fourth-order valence-electron chi connectivity index (χ4n) is 3.61. The van der Waals surface area contributed by atoms with Gasteiger partial charge in [-0.3, -0.25) is 14.2 Å². The Morgan fingerprint density at radius 2 is 1.88 bits per heavy atom. The van der Waals surface area contributed by atoms with E-state index in [4.69, 9.17) is 0 Å². The van der Waals surface area contributed by atoms with E-state index in [-0.39, 0.29) is 23.3 Å². The van der Waals surface area contributed by atoms with E-state index >= 15 is 8.78 Å². The number of alkyl halides is 2. The maximum atomic E-state index is 15.5. The lowest BCUT2D eigenvalue weighted by Crippen LogP contribution is -2.22. The van der Waals surface area contributed by atoms with Crippen LogP contribution >= 0.6 is 0 Å². The number of anilines is 1. The number of amides is 1. The SMILES string of the molecule is O=C(Nc1cn2nc(C(F)(F)c3nnc4ccc(-c5cccnc5)cn34)ccc2n1)C1CC1. The molecule has 33 heavy (non-hydrogen) atoms. The predicted octanol–water partition coefficient (Wildman–Crippen LogP) is 3.32. The number of pyridine rings is 2. The third-order valence-electron chi connectivity index (χ3n) is 5.52. The normalized spacial score (nSPS) is 14.1. The number of hydrogen-bond acceptors (Lipinski definition) is 6. The summed E-state index contributed by atoms with van der Waals surface area (Å²) in [5.74, 6) is -3.95. The molecule has 5 aromatic heterocycles. The fraction of sp³-hybridized carbons (Fsp3) is 0.182. The van der Waals surface area contributed by atoms with E-state index in [0.717, 1.165) is 18.4 Å². The van der Waals surface area contributed by atoms with Crippen LogP contribution < -0.4 is 5.32 Å². The van der Waals surface area contributed by atoms with E-state index < -0.39 is 17.4 Å². The molecule has 1 N–H and O–H groups in total. The van der Waals surface area contributed by atoms with Crippen molar-refractivity contribution in [3.8, 4) is 11.1 Å². The molecule has 0 atom stereocenters. The molecule has 1 amide bonds. The molecule has 0 aromatic carbocycles. The van der Waals surface area contributed by atoms with E-state index in [2.05, 4.69) is 30.6 Å². The number of rotatable bonds is 5. The molecule has 0 radical (unpaired) electrons. The summed E-state index contributed by atoms with van der Waals surface area (Å²) in [5.41, 5.74) is 1.58. The van der Waals surface area contributed by atoms with Crippen molar-refractivity contribution in [1.29, 1.82) is 0 Å². The van der Waals surface area contributed by atoms with E-state index in [1.54, 1.807) is 36.8 Å². The molecule has 1 fully saturated rings. The highest BCUT2D eigenvalue weighted by atomic mass is 19.3. The first-order chi connectivity index (χ1) is 16.0. The molecule has 1 aliphatic carbocycles. The topological polar surface area (TPSA) is 102 Å². The van der Waals surface area contributed by atoms with Crippen molar-refractivity contribution in [3.05, 3.63) is 72.7 Å². The summed E-state index contributed by atoms with van der Waals surface area (Å²) in [6, 6.07) is 9.62. The Balaban J connectivity index is 1.38. The van der Waals surface area contributed by atoms with Gasteiger partial charge in [0.15, 0.2) is 17.1 Å². The van der Waals surface area contributed by atoms with Crippen LogP contribution in [0.5, 0.6) is 0 Å². The van der Waals surface area contributed by atoms with Crippen LogP contribution in [0.3, 0.4) is 0 Å². The molecule has 0 aliphatic heterocycles. The van der Waals surface area contributed by atoms with E-state index in [9.17, 15) is 4.79 Å². The number of nitrogens with one attached hydrogen (secondary N) is 1. The van der Waals surface area contributed by atoms with Gasteiger partial charge in [0.05, 0.1) is 6.20 Å². The third kappa shape index (κ3) is 3.37. The molecular formula is C22H16F2N8O. The molecule has 9 nitrogen and oxygen atoms in total. The van der Waals surface area contributed by atoms with Gasteiger partial charge >= 0.3 is 5.92 Å². The minimum absolute atomic E-state index is 0.000412. The highest BCUT2D eigenvalue weighted by Gasteiger charge is 2.41. The minimum Gasteiger partial charge on any atom is -0.309 e. The molecule has 1 saturated carbocycles. The second-order valence-corrected chi connectivity index (χ2v) is 7.90. The van der Waals surface area contributed by atoms with Crippen LogP contribution in [0.15, 0.2) is 61.2 Å². The lowest BCUT2D eigenvalue weighted by molar-refractivity contribution is -0.117. The van der Waals surface area contributed by atoms with Crippen LogP contribution in [0.2, 0.25) is 0 Å². The molecule has 0 bridgehead atoms. The Labute approximate surface area is 185 Å². The zero-order valence-corrected chi connectivity index (χ0v) is 17.1. The summed E-state index contributed by atoms with van der Waals surface area (Å²) in [6.45, 7) is 0. The van der Waals surface area contributed by atoms with Crippen LogP contribution in [0, 0.1) is 5.92 Å². The van der Waals surface area contributed by atoms with Gasteiger partial charge < -0.3 is 5.32 Å². The minimum atomic E-state index is -3.54. The number of carbonyl (C=O) groups is 1. The van der Waals surface area contributed by atoms with Crippen LogP contribution in [-0.2, 0) is 10.7 Å². The molecule has 5 aromatic rings. The Morgan fingerprint density at radius 3 is 2.67 bits per heavy atom. The van der Waals surface area contributed by atoms with Crippen molar-refractivity contribution < 1.29 is 13.6 Å². The van der Waals surface area contributed by atoms with E-state index in [1.165, 1.54) is 27.2 Å². The monoisotopic (exact) mass is 446 g/mol. The van der Waals surface area contributed by atoms with Crippen molar-refractivity contribution in [2.75, 3.05) is 5.32 Å². The molecular weight excluding hydrogens is 430 g/mol. The first-order valence-corrected chi connectivity index (χ1v) is 10.3. The smallest absolute Gasteiger partial charge is 0.309 e.